The van der Waals surface area contributed by atoms with Crippen LogP contribution in [0.1, 0.15) is 18.1 Å². The predicted molar refractivity (Wildman–Crippen MR) is 74.5 cm³/mol. The van der Waals surface area contributed by atoms with E-state index in [1.807, 2.05) is 12.1 Å². The Hall–Kier alpha value is -2.50. The highest BCUT2D eigenvalue weighted by Crippen LogP contribution is 2.20. The van der Waals surface area contributed by atoms with E-state index in [-0.39, 0.29) is 18.0 Å². The number of rotatable bonds is 4. The smallest absolute Gasteiger partial charge is 0.331 e. The third kappa shape index (κ3) is 2.45. The molecule has 0 saturated heterocycles. The minimum Gasteiger partial charge on any atom is -0.496 e. The summed E-state index contributed by atoms with van der Waals surface area (Å²) in [6.07, 6.45) is 0.341. The lowest BCUT2D eigenvalue weighted by atomic mass is 10.2. The highest BCUT2D eigenvalue weighted by atomic mass is 16.5. The summed E-state index contributed by atoms with van der Waals surface area (Å²) in [5.41, 5.74) is -0.261. The Morgan fingerprint density at radius 3 is 2.65 bits per heavy atom. The molecule has 0 aliphatic carbocycles. The Balaban J connectivity index is 2.54. The summed E-state index contributed by atoms with van der Waals surface area (Å²) in [5, 5.41) is 10.1. The van der Waals surface area contributed by atoms with Crippen molar-refractivity contribution in [3.63, 3.8) is 0 Å². The highest BCUT2D eigenvalue weighted by Gasteiger charge is 2.14. The molecule has 0 atom stereocenters. The Morgan fingerprint density at radius 2 is 2.00 bits per heavy atom. The number of aromatic amines is 1. The second-order valence-electron chi connectivity index (χ2n) is 4.31. The van der Waals surface area contributed by atoms with Crippen molar-refractivity contribution in [2.24, 2.45) is 0 Å². The van der Waals surface area contributed by atoms with Crippen LogP contribution in [0.25, 0.3) is 0 Å². The molecular weight excluding hydrogens is 260 g/mol. The van der Waals surface area contributed by atoms with Gasteiger partial charge in [-0.3, -0.25) is 14.3 Å². The number of aromatic nitrogens is 2. The lowest BCUT2D eigenvalue weighted by molar-refractivity contribution is 0.390. The summed E-state index contributed by atoms with van der Waals surface area (Å²) >= 11 is 0. The number of nitrogens with one attached hydrogen (secondary N) is 1. The van der Waals surface area contributed by atoms with Gasteiger partial charge in [0.05, 0.1) is 19.2 Å². The number of methoxy groups -OCH3 is 1. The van der Waals surface area contributed by atoms with E-state index < -0.39 is 11.2 Å². The van der Waals surface area contributed by atoms with Crippen molar-refractivity contribution >= 4 is 0 Å². The molecule has 0 aliphatic rings. The molecule has 2 N–H and O–H groups in total. The van der Waals surface area contributed by atoms with Gasteiger partial charge in [0, 0.05) is 5.56 Å². The van der Waals surface area contributed by atoms with E-state index in [9.17, 15) is 14.7 Å². The maximum Gasteiger partial charge on any atom is 0.331 e. The van der Waals surface area contributed by atoms with E-state index >= 15 is 0 Å². The van der Waals surface area contributed by atoms with Gasteiger partial charge in [0.25, 0.3) is 5.56 Å². The molecule has 1 heterocycles. The molecule has 0 saturated carbocycles. The van der Waals surface area contributed by atoms with Gasteiger partial charge in [0.1, 0.15) is 5.75 Å². The molecule has 2 rings (SSSR count). The first-order valence-electron chi connectivity index (χ1n) is 6.25. The summed E-state index contributed by atoms with van der Waals surface area (Å²) in [6.45, 7) is 1.86. The van der Waals surface area contributed by atoms with Crippen molar-refractivity contribution in [1.29, 1.82) is 0 Å². The first-order chi connectivity index (χ1) is 9.58. The van der Waals surface area contributed by atoms with E-state index in [1.165, 1.54) is 7.11 Å². The molecule has 0 unspecified atom stereocenters. The second kappa shape index (κ2) is 5.64. The monoisotopic (exact) mass is 276 g/mol. The summed E-state index contributed by atoms with van der Waals surface area (Å²) in [7, 11) is 1.53. The van der Waals surface area contributed by atoms with Gasteiger partial charge >= 0.3 is 5.69 Å². The number of H-pyrrole nitrogens is 1. The number of nitrogens with zero attached hydrogens (tertiary/aromatic N) is 1. The van der Waals surface area contributed by atoms with Gasteiger partial charge in [-0.25, -0.2) is 4.79 Å². The average Bonchev–Trinajstić information content (AvgIpc) is 2.44. The van der Waals surface area contributed by atoms with Crippen LogP contribution < -0.4 is 16.0 Å². The van der Waals surface area contributed by atoms with Gasteiger partial charge in [0.2, 0.25) is 5.88 Å². The second-order valence-corrected chi connectivity index (χ2v) is 4.31. The van der Waals surface area contributed by atoms with Crippen molar-refractivity contribution in [1.82, 2.24) is 9.55 Å². The zero-order chi connectivity index (χ0) is 14.7. The van der Waals surface area contributed by atoms with Gasteiger partial charge in [-0.2, -0.15) is 0 Å². The average molecular weight is 276 g/mol. The standard InChI is InChI=1S/C14H16N2O4/c1-3-10-12(17)15-14(19)16(13(10)18)8-9-6-4-5-7-11(9)20-2/h4-7,18H,3,8H2,1-2H3,(H,15,17,19). The van der Waals surface area contributed by atoms with Crippen LogP contribution in [-0.4, -0.2) is 21.8 Å². The van der Waals surface area contributed by atoms with Gasteiger partial charge in [-0.15, -0.1) is 0 Å². The molecule has 0 fully saturated rings. The van der Waals surface area contributed by atoms with Gasteiger partial charge in [-0.1, -0.05) is 25.1 Å². The molecular formula is C14H16N2O4. The molecule has 1 aromatic heterocycles. The van der Waals surface area contributed by atoms with Crippen molar-refractivity contribution in [3.8, 4) is 11.6 Å². The van der Waals surface area contributed by atoms with Crippen molar-refractivity contribution in [2.45, 2.75) is 19.9 Å². The van der Waals surface area contributed by atoms with Crippen LogP contribution in [-0.2, 0) is 13.0 Å². The summed E-state index contributed by atoms with van der Waals surface area (Å²) < 4.78 is 6.33. The van der Waals surface area contributed by atoms with E-state index in [0.29, 0.717) is 12.2 Å². The highest BCUT2D eigenvalue weighted by molar-refractivity contribution is 5.34. The predicted octanol–water partition coefficient (Wildman–Crippen LogP) is 0.861. The lowest BCUT2D eigenvalue weighted by Crippen LogP contribution is -2.32. The van der Waals surface area contributed by atoms with E-state index in [2.05, 4.69) is 4.98 Å². The third-order valence-corrected chi connectivity index (χ3v) is 3.14. The molecule has 0 bridgehead atoms. The number of aromatic hydroxyl groups is 1. The van der Waals surface area contributed by atoms with Crippen LogP contribution >= 0.6 is 0 Å². The van der Waals surface area contributed by atoms with Crippen LogP contribution in [0.15, 0.2) is 33.9 Å². The fraction of sp³-hybridized carbons (Fsp3) is 0.286. The molecule has 106 valence electrons. The molecule has 0 radical (unpaired) electrons. The normalized spacial score (nSPS) is 10.5. The van der Waals surface area contributed by atoms with Crippen molar-refractivity contribution in [2.75, 3.05) is 7.11 Å². The van der Waals surface area contributed by atoms with Gasteiger partial charge in [0.15, 0.2) is 0 Å². The maximum atomic E-state index is 11.8. The Bertz CT molecular complexity index is 731. The fourth-order valence-corrected chi connectivity index (χ4v) is 2.07. The van der Waals surface area contributed by atoms with E-state index in [0.717, 1.165) is 10.1 Å². The zero-order valence-corrected chi connectivity index (χ0v) is 11.3. The van der Waals surface area contributed by atoms with Crippen LogP contribution in [0.5, 0.6) is 11.6 Å². The summed E-state index contributed by atoms with van der Waals surface area (Å²) in [6, 6.07) is 7.19. The van der Waals surface area contributed by atoms with Crippen LogP contribution in [0.3, 0.4) is 0 Å². The van der Waals surface area contributed by atoms with Gasteiger partial charge in [-0.05, 0) is 12.5 Å². The molecule has 0 aliphatic heterocycles. The number of hydrogen-bond donors (Lipinski definition) is 2. The van der Waals surface area contributed by atoms with Crippen LogP contribution in [0, 0.1) is 0 Å². The zero-order valence-electron chi connectivity index (χ0n) is 11.3. The third-order valence-electron chi connectivity index (χ3n) is 3.14. The number of hydrogen-bond acceptors (Lipinski definition) is 4. The summed E-state index contributed by atoms with van der Waals surface area (Å²) in [5.74, 6) is 0.315. The number of ether oxygens (including phenoxy) is 1. The van der Waals surface area contributed by atoms with E-state index in [4.69, 9.17) is 4.74 Å². The first kappa shape index (κ1) is 13.9. The molecule has 2 aromatic rings. The fourth-order valence-electron chi connectivity index (χ4n) is 2.07. The topological polar surface area (TPSA) is 84.3 Å². The molecule has 0 spiro atoms. The molecule has 6 heteroatoms. The minimum atomic E-state index is -0.643. The summed E-state index contributed by atoms with van der Waals surface area (Å²) in [4.78, 5) is 25.6. The molecule has 20 heavy (non-hydrogen) atoms. The van der Waals surface area contributed by atoms with Crippen LogP contribution in [0.2, 0.25) is 0 Å². The number of para-hydroxylation sites is 1. The Kier molecular flexibility index (Phi) is 3.93. The Morgan fingerprint density at radius 1 is 1.30 bits per heavy atom. The van der Waals surface area contributed by atoms with E-state index in [1.54, 1.807) is 19.1 Å². The lowest BCUT2D eigenvalue weighted by Gasteiger charge is -2.12. The first-order valence-corrected chi connectivity index (χ1v) is 6.25. The number of benzene rings is 1. The van der Waals surface area contributed by atoms with Crippen molar-refractivity contribution in [3.05, 3.63) is 56.2 Å². The molecule has 0 amide bonds. The minimum absolute atomic E-state index is 0.123. The molecule has 1 aromatic carbocycles. The van der Waals surface area contributed by atoms with Crippen LogP contribution in [0.4, 0.5) is 0 Å². The largest absolute Gasteiger partial charge is 0.496 e. The van der Waals surface area contributed by atoms with Crippen molar-refractivity contribution < 1.29 is 9.84 Å². The van der Waals surface area contributed by atoms with Gasteiger partial charge < -0.3 is 9.84 Å². The quantitative estimate of drug-likeness (QED) is 0.867. The maximum absolute atomic E-state index is 11.8. The SMILES string of the molecule is CCc1c(O)n(Cc2ccccc2OC)c(=O)[nH]c1=O. The molecule has 6 nitrogen and oxygen atoms in total. The Labute approximate surface area is 115 Å².